The van der Waals surface area contributed by atoms with Gasteiger partial charge in [-0.05, 0) is 31.5 Å². The van der Waals surface area contributed by atoms with Crippen molar-refractivity contribution in [2.75, 3.05) is 6.61 Å². The van der Waals surface area contributed by atoms with E-state index in [9.17, 15) is 35.7 Å². The Bertz CT molecular complexity index is 699. The zero-order valence-electron chi connectivity index (χ0n) is 17.1. The first-order valence-electron chi connectivity index (χ1n) is 10.1. The summed E-state index contributed by atoms with van der Waals surface area (Å²) in [6.45, 7) is 2.73. The Morgan fingerprint density at radius 3 is 2.00 bits per heavy atom. The summed E-state index contributed by atoms with van der Waals surface area (Å²) < 4.78 is 21.9. The van der Waals surface area contributed by atoms with Gasteiger partial charge in [-0.15, -0.1) is 0 Å². The molecule has 0 amide bonds. The van der Waals surface area contributed by atoms with Gasteiger partial charge in [-0.25, -0.2) is 0 Å². The molecule has 11 atom stereocenters. The van der Waals surface area contributed by atoms with Crippen LogP contribution in [0.25, 0.3) is 0 Å². The first-order chi connectivity index (χ1) is 14.6. The van der Waals surface area contributed by atoms with Crippen LogP contribution in [0.3, 0.4) is 0 Å². The number of benzene rings is 1. The largest absolute Gasteiger partial charge is 0.462 e. The maximum atomic E-state index is 10.2. The van der Waals surface area contributed by atoms with Crippen LogP contribution in [0.5, 0.6) is 5.75 Å². The summed E-state index contributed by atoms with van der Waals surface area (Å²) in [6.07, 6.45) is -14.3. The van der Waals surface area contributed by atoms with Crippen molar-refractivity contribution in [3.05, 3.63) is 29.8 Å². The maximum Gasteiger partial charge on any atom is 0.229 e. The summed E-state index contributed by atoms with van der Waals surface area (Å²) in [5.41, 5.74) is 0.659. The monoisotopic (exact) mass is 446 g/mol. The molecule has 1 aromatic carbocycles. The Balaban J connectivity index is 1.63. The first-order valence-corrected chi connectivity index (χ1v) is 10.1. The van der Waals surface area contributed by atoms with E-state index in [1.807, 2.05) is 0 Å². The maximum absolute atomic E-state index is 10.2. The quantitative estimate of drug-likeness (QED) is 0.251. The lowest BCUT2D eigenvalue weighted by atomic mass is 9.98. The van der Waals surface area contributed by atoms with Crippen molar-refractivity contribution < 1.29 is 54.7 Å². The topological polar surface area (TPSA) is 179 Å². The van der Waals surface area contributed by atoms with Gasteiger partial charge in [0.1, 0.15) is 48.5 Å². The molecule has 0 radical (unpaired) electrons. The molecule has 0 unspecified atom stereocenters. The second kappa shape index (κ2) is 10.0. The van der Waals surface area contributed by atoms with Crippen LogP contribution < -0.4 is 4.74 Å². The summed E-state index contributed by atoms with van der Waals surface area (Å²) >= 11 is 0. The third kappa shape index (κ3) is 5.34. The number of hydrogen-bond donors (Lipinski definition) is 7. The van der Waals surface area contributed by atoms with E-state index in [2.05, 4.69) is 0 Å². The molecular formula is C20H30O11. The SMILES string of the molecule is C[C@H](O)c1ccc(O[C@@H]2O[C@H](CO[C@@H]3O[C@@H](C)[C@H](O)[C@H](O)[C@H]3O)[C@@H](O)[C@@H](O)[C@H]2O)cc1. The molecule has 2 heterocycles. The first kappa shape index (κ1) is 24.3. The number of rotatable bonds is 6. The fourth-order valence-corrected chi connectivity index (χ4v) is 3.45. The minimum absolute atomic E-state index is 0.300. The van der Waals surface area contributed by atoms with Gasteiger partial charge in [0.25, 0.3) is 0 Å². The molecule has 1 aromatic rings. The molecule has 7 N–H and O–H groups in total. The van der Waals surface area contributed by atoms with E-state index in [4.69, 9.17) is 18.9 Å². The molecule has 0 aromatic heterocycles. The second-order valence-corrected chi connectivity index (χ2v) is 7.89. The molecule has 31 heavy (non-hydrogen) atoms. The van der Waals surface area contributed by atoms with Gasteiger partial charge in [-0.3, -0.25) is 0 Å². The average Bonchev–Trinajstić information content (AvgIpc) is 2.75. The number of aliphatic hydroxyl groups excluding tert-OH is 7. The minimum atomic E-state index is -1.60. The van der Waals surface area contributed by atoms with E-state index in [1.54, 1.807) is 31.2 Å². The Labute approximate surface area is 179 Å². The molecule has 2 aliphatic rings. The number of hydrogen-bond acceptors (Lipinski definition) is 11. The highest BCUT2D eigenvalue weighted by atomic mass is 16.7. The molecule has 0 saturated carbocycles. The lowest BCUT2D eigenvalue weighted by molar-refractivity contribution is -0.318. The van der Waals surface area contributed by atoms with Crippen LogP contribution in [-0.2, 0) is 14.2 Å². The Hall–Kier alpha value is -1.38. The molecule has 11 heteroatoms. The van der Waals surface area contributed by atoms with Crippen molar-refractivity contribution >= 4 is 0 Å². The van der Waals surface area contributed by atoms with Crippen LogP contribution in [0.2, 0.25) is 0 Å². The van der Waals surface area contributed by atoms with Crippen molar-refractivity contribution in [2.24, 2.45) is 0 Å². The van der Waals surface area contributed by atoms with E-state index < -0.39 is 67.5 Å². The Morgan fingerprint density at radius 2 is 1.39 bits per heavy atom. The van der Waals surface area contributed by atoms with Crippen molar-refractivity contribution in [3.8, 4) is 5.75 Å². The predicted molar refractivity (Wildman–Crippen MR) is 103 cm³/mol. The summed E-state index contributed by atoms with van der Waals surface area (Å²) in [5.74, 6) is 0.300. The molecule has 0 aliphatic carbocycles. The molecule has 2 fully saturated rings. The third-order valence-electron chi connectivity index (χ3n) is 5.52. The van der Waals surface area contributed by atoms with Gasteiger partial charge >= 0.3 is 0 Å². The molecule has 0 spiro atoms. The van der Waals surface area contributed by atoms with Gasteiger partial charge in [0.05, 0.1) is 18.8 Å². The predicted octanol–water partition coefficient (Wildman–Crippen LogP) is -2.23. The van der Waals surface area contributed by atoms with Crippen LogP contribution in [0.4, 0.5) is 0 Å². The lowest BCUT2D eigenvalue weighted by Gasteiger charge is -2.42. The molecule has 2 aliphatic heterocycles. The highest BCUT2D eigenvalue weighted by Gasteiger charge is 2.47. The lowest BCUT2D eigenvalue weighted by Crippen LogP contribution is -2.61. The minimum Gasteiger partial charge on any atom is -0.462 e. The van der Waals surface area contributed by atoms with Crippen LogP contribution in [0.15, 0.2) is 24.3 Å². The number of ether oxygens (including phenoxy) is 4. The molecular weight excluding hydrogens is 416 g/mol. The summed E-state index contributed by atoms with van der Waals surface area (Å²) in [4.78, 5) is 0. The Morgan fingerprint density at radius 1 is 0.806 bits per heavy atom. The van der Waals surface area contributed by atoms with Gasteiger partial charge in [0, 0.05) is 0 Å². The summed E-state index contributed by atoms with van der Waals surface area (Å²) in [5, 5.41) is 69.8. The zero-order valence-corrected chi connectivity index (χ0v) is 17.1. The van der Waals surface area contributed by atoms with E-state index >= 15 is 0 Å². The van der Waals surface area contributed by atoms with E-state index in [1.165, 1.54) is 6.92 Å². The van der Waals surface area contributed by atoms with Crippen molar-refractivity contribution in [1.29, 1.82) is 0 Å². The van der Waals surface area contributed by atoms with Crippen LogP contribution in [-0.4, -0.2) is 104 Å². The van der Waals surface area contributed by atoms with Crippen molar-refractivity contribution in [1.82, 2.24) is 0 Å². The Kier molecular flexibility index (Phi) is 7.86. The summed E-state index contributed by atoms with van der Waals surface area (Å²) in [7, 11) is 0. The second-order valence-electron chi connectivity index (χ2n) is 7.89. The fourth-order valence-electron chi connectivity index (χ4n) is 3.45. The van der Waals surface area contributed by atoms with Gasteiger partial charge in [0.15, 0.2) is 6.29 Å². The van der Waals surface area contributed by atoms with Crippen LogP contribution >= 0.6 is 0 Å². The number of aliphatic hydroxyl groups is 7. The molecule has 3 rings (SSSR count). The van der Waals surface area contributed by atoms with Crippen LogP contribution in [0.1, 0.15) is 25.5 Å². The third-order valence-corrected chi connectivity index (χ3v) is 5.52. The summed E-state index contributed by atoms with van der Waals surface area (Å²) in [6, 6.07) is 6.37. The average molecular weight is 446 g/mol. The molecule has 11 nitrogen and oxygen atoms in total. The highest BCUT2D eigenvalue weighted by molar-refractivity contribution is 5.28. The van der Waals surface area contributed by atoms with E-state index in [-0.39, 0.29) is 6.61 Å². The highest BCUT2D eigenvalue weighted by Crippen LogP contribution is 2.27. The zero-order chi connectivity index (χ0) is 22.9. The van der Waals surface area contributed by atoms with Crippen LogP contribution in [0, 0.1) is 0 Å². The van der Waals surface area contributed by atoms with Gasteiger partial charge in [-0.1, -0.05) is 12.1 Å². The van der Waals surface area contributed by atoms with E-state index in [0.717, 1.165) is 0 Å². The van der Waals surface area contributed by atoms with Gasteiger partial charge in [-0.2, -0.15) is 0 Å². The molecule has 2 saturated heterocycles. The smallest absolute Gasteiger partial charge is 0.229 e. The standard InChI is InChI=1S/C20H30O11/c1-8(21)10-3-5-11(6-4-10)30-20-18(27)16(25)14(23)12(31-20)7-28-19-17(26)15(24)13(22)9(2)29-19/h3-6,8-9,12-27H,7H2,1-2H3/t8-,9-,12+,13-,14+,15-,16+,17+,18+,19+,20+/m0/s1. The normalized spacial score (nSPS) is 42.2. The molecule has 0 bridgehead atoms. The van der Waals surface area contributed by atoms with Gasteiger partial charge < -0.3 is 54.7 Å². The van der Waals surface area contributed by atoms with Crippen molar-refractivity contribution in [2.45, 2.75) is 81.4 Å². The fraction of sp³-hybridized carbons (Fsp3) is 0.700. The van der Waals surface area contributed by atoms with Gasteiger partial charge in [0.2, 0.25) is 6.29 Å². The van der Waals surface area contributed by atoms with E-state index in [0.29, 0.717) is 11.3 Å². The van der Waals surface area contributed by atoms with Crippen molar-refractivity contribution in [3.63, 3.8) is 0 Å². The molecule has 176 valence electrons.